The van der Waals surface area contributed by atoms with Crippen molar-refractivity contribution in [2.75, 3.05) is 13.1 Å². The molecule has 0 spiro atoms. The van der Waals surface area contributed by atoms with Gasteiger partial charge in [-0.3, -0.25) is 57.3 Å². The average Bonchev–Trinajstić information content (AvgIpc) is 1.59. The monoisotopic (exact) mass is 1420 g/mol. The summed E-state index contributed by atoms with van der Waals surface area (Å²) in [6, 6.07) is 3.09. The number of benzene rings is 1. The van der Waals surface area contributed by atoms with Crippen LogP contribution in [-0.4, -0.2) is 55.7 Å². The van der Waals surface area contributed by atoms with E-state index in [4.69, 9.17) is 0 Å². The lowest BCUT2D eigenvalue weighted by Gasteiger charge is -2.44. The molecule has 8 atom stereocenters. The highest BCUT2D eigenvalue weighted by Crippen LogP contribution is 2.50. The van der Waals surface area contributed by atoms with Crippen molar-refractivity contribution in [2.24, 2.45) is 47.3 Å². The third-order valence-corrected chi connectivity index (χ3v) is 26.1. The standard InChI is InChI=1S/C90H150N4O8/c1-5-9-13-17-29-41-53-75-71(49-37-15-11-7-3)58-60-74(77(75)55-43-31-21-25-34-46-66-92-85(97)63-64-86(92)98)52-40-28-20-24-35-47-67-93-87(99)79-69-81-82(70-80(79)88(93)100)90(102)94(89(81)101)68-48-36-26-22-32-44-56-78-73(51-39-27-19-23-33-45-65-91-83(95)61-62-84(91)96)59-57-72(50-38-16-12-8-4)76(78)54-42-30-18-14-10-6-2/h69-78H,5-68H2,1-4H3. The topological polar surface area (TPSA) is 153 Å². The molecule has 0 bridgehead atoms. The zero-order valence-corrected chi connectivity index (χ0v) is 66.1. The number of nitrogens with zero attached hydrogens (tertiary/aromatic N) is 4. The summed E-state index contributed by atoms with van der Waals surface area (Å²) in [7, 11) is 0. The first-order chi connectivity index (χ1) is 49.9. The number of likely N-dealkylation sites (tertiary alicyclic amines) is 2. The number of rotatable bonds is 60. The average molecular weight is 1420 g/mol. The summed E-state index contributed by atoms with van der Waals surface area (Å²) < 4.78 is 2.71. The van der Waals surface area contributed by atoms with Crippen LogP contribution >= 0.6 is 0 Å². The van der Waals surface area contributed by atoms with Gasteiger partial charge in [0.1, 0.15) is 0 Å². The van der Waals surface area contributed by atoms with Crippen LogP contribution in [0.25, 0.3) is 21.5 Å². The molecule has 1 aromatic carbocycles. The Kier molecular flexibility index (Phi) is 41.4. The van der Waals surface area contributed by atoms with Gasteiger partial charge in [0.2, 0.25) is 23.6 Å². The second-order valence-corrected chi connectivity index (χ2v) is 33.6. The number of imide groups is 2. The number of hydrogen-bond donors (Lipinski definition) is 0. The molecule has 4 amide bonds. The summed E-state index contributed by atoms with van der Waals surface area (Å²) in [6.45, 7) is 11.2. The van der Waals surface area contributed by atoms with Crippen molar-refractivity contribution in [3.8, 4) is 0 Å². The van der Waals surface area contributed by atoms with Gasteiger partial charge in [-0.1, -0.05) is 310 Å². The van der Waals surface area contributed by atoms with Crippen molar-refractivity contribution >= 4 is 45.2 Å². The van der Waals surface area contributed by atoms with Crippen LogP contribution in [0.3, 0.4) is 0 Å². The van der Waals surface area contributed by atoms with Crippen LogP contribution in [-0.2, 0) is 32.3 Å². The SMILES string of the molecule is CCCCCCCCC1C(CCCCCC)CCC(CCCCCCCCn2c(=O)c3cc4c(=O)n(CCCCCCCCC5C(CCCCCCCCN6C(=O)CCC6=O)CCC(CCCCCC)C5CCCCCCCC)c(=O)c4cc3c2=O)C1CCCCCCCCN1C(=O)CCC1=O. The molecular weight excluding hydrogens is 1270 g/mol. The Morgan fingerprint density at radius 1 is 0.235 bits per heavy atom. The smallest absolute Gasteiger partial charge is 0.261 e. The number of fused-ring (bicyclic) bond motifs is 2. The van der Waals surface area contributed by atoms with Gasteiger partial charge in [0.25, 0.3) is 22.2 Å². The first-order valence-corrected chi connectivity index (χ1v) is 44.5. The Balaban J connectivity index is 0.842. The molecule has 2 aliphatic carbocycles. The molecule has 102 heavy (non-hydrogen) atoms. The number of carbonyl (C=O) groups is 4. The van der Waals surface area contributed by atoms with E-state index in [-0.39, 0.29) is 67.4 Å². The zero-order valence-electron chi connectivity index (χ0n) is 66.1. The number of aromatic nitrogens is 2. The Hall–Kier alpha value is -4.22. The van der Waals surface area contributed by atoms with Crippen molar-refractivity contribution in [1.29, 1.82) is 0 Å². The number of unbranched alkanes of at least 4 members (excludes halogenated alkanes) is 36. The fourth-order valence-corrected chi connectivity index (χ4v) is 20.0. The van der Waals surface area contributed by atoms with Crippen LogP contribution in [0.15, 0.2) is 31.3 Å². The summed E-state index contributed by atoms with van der Waals surface area (Å²) >= 11 is 0. The molecule has 8 unspecified atom stereocenters. The molecule has 2 saturated heterocycles. The fraction of sp³-hybridized carbons (Fsp3) is 0.844. The minimum absolute atomic E-state index is 0.0108. The third-order valence-electron chi connectivity index (χ3n) is 26.1. The summed E-state index contributed by atoms with van der Waals surface area (Å²) in [4.78, 5) is 107. The number of carbonyl (C=O) groups excluding carboxylic acids is 4. The van der Waals surface area contributed by atoms with Gasteiger partial charge in [-0.15, -0.1) is 0 Å². The van der Waals surface area contributed by atoms with E-state index < -0.39 is 0 Å². The van der Waals surface area contributed by atoms with E-state index in [1.165, 1.54) is 308 Å². The molecule has 578 valence electrons. The molecule has 12 nitrogen and oxygen atoms in total. The van der Waals surface area contributed by atoms with Crippen LogP contribution in [0.5, 0.6) is 0 Å². The first-order valence-electron chi connectivity index (χ1n) is 44.5. The summed E-state index contributed by atoms with van der Waals surface area (Å²) in [5.74, 6) is 6.80. The molecule has 3 aromatic rings. The normalized spacial score (nSPS) is 21.3. The van der Waals surface area contributed by atoms with Crippen molar-refractivity contribution in [2.45, 2.75) is 426 Å². The van der Waals surface area contributed by atoms with E-state index >= 15 is 0 Å². The lowest BCUT2D eigenvalue weighted by atomic mass is 9.61. The maximum atomic E-state index is 13.9. The van der Waals surface area contributed by atoms with Crippen molar-refractivity contribution in [3.63, 3.8) is 0 Å². The van der Waals surface area contributed by atoms with Gasteiger partial charge in [-0.25, -0.2) is 0 Å². The third kappa shape index (κ3) is 27.8. The molecular formula is C90H150N4O8. The predicted octanol–water partition coefficient (Wildman–Crippen LogP) is 23.1. The van der Waals surface area contributed by atoms with E-state index in [0.717, 1.165) is 118 Å². The summed E-state index contributed by atoms with van der Waals surface area (Å²) in [6.07, 6.45) is 72.4. The summed E-state index contributed by atoms with van der Waals surface area (Å²) in [5.41, 5.74) is -1.37. The summed E-state index contributed by atoms with van der Waals surface area (Å²) in [5, 5.41) is 1.04. The fourth-order valence-electron chi connectivity index (χ4n) is 20.0. The van der Waals surface area contributed by atoms with E-state index in [9.17, 15) is 38.4 Å². The van der Waals surface area contributed by atoms with E-state index in [2.05, 4.69) is 27.7 Å². The van der Waals surface area contributed by atoms with Crippen LogP contribution in [0.4, 0.5) is 0 Å². The van der Waals surface area contributed by atoms with Gasteiger partial charge in [0.15, 0.2) is 0 Å². The van der Waals surface area contributed by atoms with E-state index in [1.807, 2.05) is 0 Å². The molecule has 7 rings (SSSR count). The minimum Gasteiger partial charge on any atom is -0.283 e. The van der Waals surface area contributed by atoms with Crippen LogP contribution in [0.2, 0.25) is 0 Å². The zero-order chi connectivity index (χ0) is 72.5. The molecule has 2 saturated carbocycles. The molecule has 4 fully saturated rings. The maximum absolute atomic E-state index is 13.9. The molecule has 2 aromatic heterocycles. The van der Waals surface area contributed by atoms with Crippen molar-refractivity contribution in [3.05, 3.63) is 53.5 Å². The van der Waals surface area contributed by atoms with Gasteiger partial charge in [0.05, 0.1) is 21.5 Å². The highest BCUT2D eigenvalue weighted by molar-refractivity contribution is 6.02. The second kappa shape index (κ2) is 49.6. The highest BCUT2D eigenvalue weighted by atomic mass is 16.2. The Morgan fingerprint density at radius 3 is 0.657 bits per heavy atom. The van der Waals surface area contributed by atoms with Gasteiger partial charge >= 0.3 is 0 Å². The number of amides is 4. The maximum Gasteiger partial charge on any atom is 0.261 e. The van der Waals surface area contributed by atoms with E-state index in [0.29, 0.717) is 51.9 Å². The molecule has 2 aliphatic heterocycles. The van der Waals surface area contributed by atoms with Crippen LogP contribution < -0.4 is 22.2 Å². The second-order valence-electron chi connectivity index (χ2n) is 33.6. The van der Waals surface area contributed by atoms with E-state index in [1.54, 1.807) is 12.1 Å². The molecule has 12 heteroatoms. The highest BCUT2D eigenvalue weighted by Gasteiger charge is 2.40. The van der Waals surface area contributed by atoms with Gasteiger partial charge in [-0.05, 0) is 137 Å². The lowest BCUT2D eigenvalue weighted by molar-refractivity contribution is -0.140. The molecule has 4 heterocycles. The van der Waals surface area contributed by atoms with Crippen molar-refractivity contribution < 1.29 is 19.2 Å². The van der Waals surface area contributed by atoms with Crippen molar-refractivity contribution in [1.82, 2.24) is 18.9 Å². The van der Waals surface area contributed by atoms with Gasteiger partial charge < -0.3 is 0 Å². The largest absolute Gasteiger partial charge is 0.283 e. The lowest BCUT2D eigenvalue weighted by Crippen LogP contribution is -2.35. The predicted molar refractivity (Wildman–Crippen MR) is 426 cm³/mol. The molecule has 0 radical (unpaired) electrons. The van der Waals surface area contributed by atoms with Crippen LogP contribution in [0.1, 0.15) is 413 Å². The first kappa shape index (κ1) is 85.0. The van der Waals surface area contributed by atoms with Gasteiger partial charge in [-0.2, -0.15) is 0 Å². The quantitative estimate of drug-likeness (QED) is 0.0400. The molecule has 0 N–H and O–H groups in total. The Morgan fingerprint density at radius 2 is 0.422 bits per heavy atom. The van der Waals surface area contributed by atoms with Gasteiger partial charge in [0, 0.05) is 51.9 Å². The number of hydrogen-bond acceptors (Lipinski definition) is 8. The molecule has 4 aliphatic rings. The minimum atomic E-state index is -0.343. The Bertz CT molecular complexity index is 2950. The Labute approximate surface area is 620 Å². The van der Waals surface area contributed by atoms with Crippen LogP contribution in [0, 0.1) is 47.3 Å².